The van der Waals surface area contributed by atoms with E-state index in [0.717, 1.165) is 54.3 Å². The number of methoxy groups -OCH3 is 1. The molecule has 1 fully saturated rings. The first-order valence-corrected chi connectivity index (χ1v) is 12.4. The van der Waals surface area contributed by atoms with Gasteiger partial charge in [0.05, 0.1) is 36.2 Å². The topological polar surface area (TPSA) is 106 Å². The summed E-state index contributed by atoms with van der Waals surface area (Å²) >= 11 is 0. The highest BCUT2D eigenvalue weighted by Crippen LogP contribution is 2.34. The summed E-state index contributed by atoms with van der Waals surface area (Å²) in [5, 5.41) is 3.42. The molecule has 4 aromatic heterocycles. The number of piperazine rings is 1. The zero-order chi connectivity index (χ0) is 26.2. The van der Waals surface area contributed by atoms with E-state index in [1.807, 2.05) is 48.9 Å². The van der Waals surface area contributed by atoms with Gasteiger partial charge >= 0.3 is 0 Å². The van der Waals surface area contributed by atoms with Gasteiger partial charge in [-0.15, -0.1) is 0 Å². The summed E-state index contributed by atoms with van der Waals surface area (Å²) in [6, 6.07) is 9.63. The third-order valence-electron chi connectivity index (χ3n) is 6.82. The van der Waals surface area contributed by atoms with E-state index in [-0.39, 0.29) is 0 Å². The molecular weight excluding hydrogens is 482 g/mol. The van der Waals surface area contributed by atoms with Crippen LogP contribution in [0.5, 0.6) is 17.4 Å². The van der Waals surface area contributed by atoms with Crippen molar-refractivity contribution in [1.29, 1.82) is 0 Å². The maximum absolute atomic E-state index is 6.07. The SMILES string of the molecule is COc1cc2ncnc(Nc3ccc(Oc4cc5ncn(C)c5cn4)c(C)c3)c2nc1N1CCN(C)CC1. The minimum atomic E-state index is 0.497. The summed E-state index contributed by atoms with van der Waals surface area (Å²) in [4.78, 5) is 27.3. The summed E-state index contributed by atoms with van der Waals surface area (Å²) in [5.74, 6) is 3.36. The Morgan fingerprint density at radius 1 is 0.895 bits per heavy atom. The molecule has 6 rings (SSSR count). The van der Waals surface area contributed by atoms with Crippen molar-refractivity contribution in [2.45, 2.75) is 6.92 Å². The van der Waals surface area contributed by atoms with Gasteiger partial charge in [0.15, 0.2) is 17.4 Å². The van der Waals surface area contributed by atoms with Crippen LogP contribution in [0.4, 0.5) is 17.3 Å². The van der Waals surface area contributed by atoms with Crippen LogP contribution in [0.25, 0.3) is 22.1 Å². The quantitative estimate of drug-likeness (QED) is 0.361. The number of anilines is 3. The van der Waals surface area contributed by atoms with Crippen LogP contribution in [-0.2, 0) is 7.05 Å². The predicted octanol–water partition coefficient (Wildman–Crippen LogP) is 3.91. The number of hydrogen-bond acceptors (Lipinski definition) is 10. The van der Waals surface area contributed by atoms with E-state index in [9.17, 15) is 0 Å². The van der Waals surface area contributed by atoms with Crippen LogP contribution in [-0.4, -0.2) is 74.7 Å². The van der Waals surface area contributed by atoms with E-state index in [0.29, 0.717) is 34.2 Å². The average molecular weight is 512 g/mol. The van der Waals surface area contributed by atoms with Crippen LogP contribution in [0.1, 0.15) is 5.56 Å². The van der Waals surface area contributed by atoms with Gasteiger partial charge < -0.3 is 29.2 Å². The lowest BCUT2D eigenvalue weighted by molar-refractivity contribution is 0.310. The summed E-state index contributed by atoms with van der Waals surface area (Å²) in [7, 11) is 5.73. The predicted molar refractivity (Wildman–Crippen MR) is 147 cm³/mol. The van der Waals surface area contributed by atoms with E-state index < -0.39 is 0 Å². The zero-order valence-corrected chi connectivity index (χ0v) is 21.8. The van der Waals surface area contributed by atoms with Crippen molar-refractivity contribution in [2.75, 3.05) is 50.6 Å². The molecule has 0 amide bonds. The smallest absolute Gasteiger partial charge is 0.221 e. The fourth-order valence-electron chi connectivity index (χ4n) is 4.60. The molecule has 0 atom stereocenters. The molecular formula is C27H29N9O2. The van der Waals surface area contributed by atoms with Crippen molar-refractivity contribution < 1.29 is 9.47 Å². The number of nitrogens with zero attached hydrogens (tertiary/aromatic N) is 8. The highest BCUT2D eigenvalue weighted by Gasteiger charge is 2.21. The second kappa shape index (κ2) is 9.75. The molecule has 0 saturated carbocycles. The monoisotopic (exact) mass is 511 g/mol. The molecule has 0 bridgehead atoms. The molecule has 5 aromatic rings. The summed E-state index contributed by atoms with van der Waals surface area (Å²) < 4.78 is 13.7. The summed E-state index contributed by atoms with van der Waals surface area (Å²) in [6.07, 6.45) is 5.06. The number of nitrogens with one attached hydrogen (secondary N) is 1. The third-order valence-corrected chi connectivity index (χ3v) is 6.82. The van der Waals surface area contributed by atoms with Gasteiger partial charge in [-0.25, -0.2) is 24.9 Å². The van der Waals surface area contributed by atoms with Gasteiger partial charge in [0.2, 0.25) is 5.88 Å². The number of rotatable bonds is 6. The molecule has 1 aliphatic rings. The number of pyridine rings is 2. The maximum Gasteiger partial charge on any atom is 0.221 e. The Labute approximate surface area is 220 Å². The van der Waals surface area contributed by atoms with E-state index >= 15 is 0 Å². The number of aryl methyl sites for hydroxylation is 2. The molecule has 0 radical (unpaired) electrons. The second-order valence-corrected chi connectivity index (χ2v) is 9.47. The molecule has 1 N–H and O–H groups in total. The number of hydrogen-bond donors (Lipinski definition) is 1. The number of imidazole rings is 1. The normalized spacial score (nSPS) is 14.3. The van der Waals surface area contributed by atoms with Gasteiger partial charge in [-0.3, -0.25) is 0 Å². The molecule has 38 heavy (non-hydrogen) atoms. The molecule has 0 unspecified atom stereocenters. The largest absolute Gasteiger partial charge is 0.493 e. The van der Waals surface area contributed by atoms with Crippen LogP contribution in [0.3, 0.4) is 0 Å². The van der Waals surface area contributed by atoms with E-state index in [1.165, 1.54) is 6.33 Å². The van der Waals surface area contributed by atoms with Gasteiger partial charge in [-0.05, 0) is 37.7 Å². The first-order valence-electron chi connectivity index (χ1n) is 12.4. The van der Waals surface area contributed by atoms with Crippen molar-refractivity contribution in [1.82, 2.24) is 34.4 Å². The van der Waals surface area contributed by atoms with Crippen molar-refractivity contribution in [2.24, 2.45) is 7.05 Å². The molecule has 1 aromatic carbocycles. The first-order chi connectivity index (χ1) is 18.5. The Balaban J connectivity index is 1.27. The molecule has 11 nitrogen and oxygen atoms in total. The fourth-order valence-corrected chi connectivity index (χ4v) is 4.60. The number of fused-ring (bicyclic) bond motifs is 2. The molecule has 1 saturated heterocycles. The van der Waals surface area contributed by atoms with Crippen LogP contribution >= 0.6 is 0 Å². The second-order valence-electron chi connectivity index (χ2n) is 9.47. The van der Waals surface area contributed by atoms with Crippen LogP contribution < -0.4 is 19.7 Å². The maximum atomic E-state index is 6.07. The highest BCUT2D eigenvalue weighted by atomic mass is 16.5. The van der Waals surface area contributed by atoms with Gasteiger partial charge in [0.25, 0.3) is 0 Å². The number of ether oxygens (including phenoxy) is 2. The Kier molecular flexibility index (Phi) is 6.12. The third kappa shape index (κ3) is 4.52. The van der Waals surface area contributed by atoms with E-state index in [4.69, 9.17) is 14.5 Å². The Morgan fingerprint density at radius 2 is 1.74 bits per heavy atom. The summed E-state index contributed by atoms with van der Waals surface area (Å²) in [6.45, 7) is 5.69. The van der Waals surface area contributed by atoms with Gasteiger partial charge in [0.1, 0.15) is 17.6 Å². The lowest BCUT2D eigenvalue weighted by atomic mass is 10.2. The lowest BCUT2D eigenvalue weighted by Gasteiger charge is -2.33. The van der Waals surface area contributed by atoms with Crippen LogP contribution in [0.15, 0.2) is 49.2 Å². The first kappa shape index (κ1) is 23.9. The van der Waals surface area contributed by atoms with Gasteiger partial charge in [0, 0.05) is 51.0 Å². The molecule has 11 heteroatoms. The van der Waals surface area contributed by atoms with Crippen LogP contribution in [0, 0.1) is 6.92 Å². The Hall–Kier alpha value is -4.51. The van der Waals surface area contributed by atoms with Gasteiger partial charge in [-0.1, -0.05) is 0 Å². The molecule has 1 aliphatic heterocycles. The lowest BCUT2D eigenvalue weighted by Crippen LogP contribution is -2.45. The van der Waals surface area contributed by atoms with Crippen LogP contribution in [0.2, 0.25) is 0 Å². The average Bonchev–Trinajstić information content (AvgIpc) is 3.30. The number of likely N-dealkylation sites (N-methyl/N-ethyl adjacent to an activating group) is 1. The number of benzene rings is 1. The minimum absolute atomic E-state index is 0.497. The standard InChI is InChI=1S/C27H29N9O2/c1-17-11-18(5-6-22(17)38-24-13-19-21(14-28-24)35(3)16-31-19)32-26-25-20(29-15-30-26)12-23(37-4)27(33-25)36-9-7-34(2)8-10-36/h5-6,11-16H,7-10H2,1-4H3,(H,29,30,32). The number of aromatic nitrogens is 6. The molecule has 194 valence electrons. The minimum Gasteiger partial charge on any atom is -0.493 e. The van der Waals surface area contributed by atoms with Crippen molar-refractivity contribution in [3.8, 4) is 17.4 Å². The highest BCUT2D eigenvalue weighted by molar-refractivity contribution is 5.90. The fraction of sp³-hybridized carbons (Fsp3) is 0.296. The van der Waals surface area contributed by atoms with E-state index in [1.54, 1.807) is 19.6 Å². The molecule has 0 spiro atoms. The molecule has 5 heterocycles. The van der Waals surface area contributed by atoms with Gasteiger partial charge in [-0.2, -0.15) is 0 Å². The Morgan fingerprint density at radius 3 is 2.53 bits per heavy atom. The summed E-state index contributed by atoms with van der Waals surface area (Å²) in [5.41, 5.74) is 5.00. The van der Waals surface area contributed by atoms with E-state index in [2.05, 4.69) is 42.1 Å². The molecule has 0 aliphatic carbocycles. The zero-order valence-electron chi connectivity index (χ0n) is 21.8. The Bertz CT molecular complexity index is 1630. The van der Waals surface area contributed by atoms with Crippen molar-refractivity contribution in [3.05, 3.63) is 54.7 Å². The van der Waals surface area contributed by atoms with Crippen molar-refractivity contribution >= 4 is 39.4 Å². The van der Waals surface area contributed by atoms with Crippen molar-refractivity contribution in [3.63, 3.8) is 0 Å².